The molecule has 1 aliphatic rings. The highest BCUT2D eigenvalue weighted by atomic mass is 16.2. The first kappa shape index (κ1) is 11.1. The van der Waals surface area contributed by atoms with Crippen molar-refractivity contribution in [2.75, 3.05) is 13.6 Å². The summed E-state index contributed by atoms with van der Waals surface area (Å²) in [6.45, 7) is 3.79. The van der Waals surface area contributed by atoms with Crippen LogP contribution < -0.4 is 5.32 Å². The van der Waals surface area contributed by atoms with Crippen molar-refractivity contribution in [2.24, 2.45) is 0 Å². The second kappa shape index (κ2) is 4.65. The molecule has 1 aromatic rings. The van der Waals surface area contributed by atoms with E-state index in [4.69, 9.17) is 0 Å². The zero-order valence-corrected chi connectivity index (χ0v) is 9.76. The number of hydrogen-bond acceptors (Lipinski definition) is 3. The third-order valence-corrected chi connectivity index (χ3v) is 2.96. The van der Waals surface area contributed by atoms with Crippen LogP contribution in [0, 0.1) is 0 Å². The van der Waals surface area contributed by atoms with E-state index in [1.54, 1.807) is 17.4 Å². The Morgan fingerprint density at radius 3 is 3.06 bits per heavy atom. The minimum atomic E-state index is -0.0106. The summed E-state index contributed by atoms with van der Waals surface area (Å²) in [5, 5.41) is 3.36. The van der Waals surface area contributed by atoms with E-state index >= 15 is 0 Å². The Balaban J connectivity index is 1.83. The molecule has 2 rings (SSSR count). The van der Waals surface area contributed by atoms with Crippen molar-refractivity contribution < 1.29 is 4.79 Å². The molecule has 0 aliphatic carbocycles. The number of likely N-dealkylation sites (tertiary alicyclic amines) is 1. The Bertz CT molecular complexity index is 349. The van der Waals surface area contributed by atoms with Gasteiger partial charge in [-0.25, -0.2) is 4.98 Å². The molecule has 1 N–H and O–H groups in total. The number of likely N-dealkylation sites (N-methyl/N-ethyl adjacent to an activating group) is 1. The molecule has 0 aromatic carbocycles. The van der Waals surface area contributed by atoms with E-state index in [2.05, 4.69) is 17.2 Å². The summed E-state index contributed by atoms with van der Waals surface area (Å²) in [6.07, 6.45) is 6.40. The molecule has 0 saturated carbocycles. The summed E-state index contributed by atoms with van der Waals surface area (Å²) >= 11 is 0. The monoisotopic (exact) mass is 222 g/mol. The molecular formula is C11H18N4O. The fourth-order valence-corrected chi connectivity index (χ4v) is 2.08. The van der Waals surface area contributed by atoms with Gasteiger partial charge in [0.2, 0.25) is 5.91 Å². The van der Waals surface area contributed by atoms with Crippen molar-refractivity contribution in [3.05, 3.63) is 18.7 Å². The molecule has 1 aliphatic heterocycles. The van der Waals surface area contributed by atoms with Crippen LogP contribution in [0.2, 0.25) is 0 Å². The molecule has 0 bridgehead atoms. The molecule has 5 nitrogen and oxygen atoms in total. The van der Waals surface area contributed by atoms with E-state index in [-0.39, 0.29) is 18.0 Å². The molecule has 88 valence electrons. The van der Waals surface area contributed by atoms with Gasteiger partial charge in [-0.05, 0) is 13.3 Å². The largest absolute Gasteiger partial charge is 0.344 e. The van der Waals surface area contributed by atoms with E-state index in [1.165, 1.54) is 0 Å². The van der Waals surface area contributed by atoms with Crippen molar-refractivity contribution in [2.45, 2.75) is 32.0 Å². The number of nitrogens with zero attached hydrogens (tertiary/aromatic N) is 3. The molecule has 2 unspecified atom stereocenters. The molecule has 5 heteroatoms. The van der Waals surface area contributed by atoms with Gasteiger partial charge in [0.1, 0.15) is 0 Å². The lowest BCUT2D eigenvalue weighted by molar-refractivity contribution is -0.128. The molecule has 1 saturated heterocycles. The maximum atomic E-state index is 11.7. The summed E-state index contributed by atoms with van der Waals surface area (Å²) in [5.41, 5.74) is 0. The Hall–Kier alpha value is -1.36. The summed E-state index contributed by atoms with van der Waals surface area (Å²) in [7, 11) is 1.85. The SMILES string of the molecule is CC(Cn1ccnc1)NC1CCN(C)C1=O. The van der Waals surface area contributed by atoms with Crippen LogP contribution in [-0.2, 0) is 11.3 Å². The predicted molar refractivity (Wildman–Crippen MR) is 60.9 cm³/mol. The van der Waals surface area contributed by atoms with Crippen LogP contribution in [0.25, 0.3) is 0 Å². The van der Waals surface area contributed by atoms with Crippen LogP contribution in [-0.4, -0.2) is 46.0 Å². The van der Waals surface area contributed by atoms with Crippen molar-refractivity contribution in [3.63, 3.8) is 0 Å². The number of amides is 1. The van der Waals surface area contributed by atoms with E-state index in [1.807, 2.05) is 17.8 Å². The number of nitrogens with one attached hydrogen (secondary N) is 1. The molecule has 1 amide bonds. The summed E-state index contributed by atoms with van der Waals surface area (Å²) in [6, 6.07) is 0.262. The minimum Gasteiger partial charge on any atom is -0.344 e. The number of aromatic nitrogens is 2. The first-order chi connectivity index (χ1) is 7.66. The second-order valence-electron chi connectivity index (χ2n) is 4.43. The van der Waals surface area contributed by atoms with Crippen molar-refractivity contribution in [3.8, 4) is 0 Å². The molecule has 16 heavy (non-hydrogen) atoms. The van der Waals surface area contributed by atoms with E-state index < -0.39 is 0 Å². The smallest absolute Gasteiger partial charge is 0.239 e. The highest BCUT2D eigenvalue weighted by Gasteiger charge is 2.29. The number of carbonyl (C=O) groups excluding carboxylic acids is 1. The summed E-state index contributed by atoms with van der Waals surface area (Å²) in [5.74, 6) is 0.206. The highest BCUT2D eigenvalue weighted by molar-refractivity contribution is 5.83. The average molecular weight is 222 g/mol. The van der Waals surface area contributed by atoms with Gasteiger partial charge in [0.15, 0.2) is 0 Å². The van der Waals surface area contributed by atoms with Gasteiger partial charge in [-0.3, -0.25) is 4.79 Å². The molecular weight excluding hydrogens is 204 g/mol. The number of imidazole rings is 1. The minimum absolute atomic E-state index is 0.0106. The lowest BCUT2D eigenvalue weighted by Crippen LogP contribution is -2.43. The fraction of sp³-hybridized carbons (Fsp3) is 0.636. The quantitative estimate of drug-likeness (QED) is 0.785. The Labute approximate surface area is 95.5 Å². The van der Waals surface area contributed by atoms with Crippen LogP contribution in [0.4, 0.5) is 0 Å². The number of carbonyl (C=O) groups is 1. The predicted octanol–water partition coefficient (Wildman–Crippen LogP) is 0.0919. The van der Waals surface area contributed by atoms with Crippen LogP contribution in [0.3, 0.4) is 0 Å². The van der Waals surface area contributed by atoms with Crippen LogP contribution >= 0.6 is 0 Å². The van der Waals surface area contributed by atoms with E-state index in [0.717, 1.165) is 19.5 Å². The maximum absolute atomic E-state index is 11.7. The third kappa shape index (κ3) is 2.41. The van der Waals surface area contributed by atoms with Gasteiger partial charge in [-0.15, -0.1) is 0 Å². The third-order valence-electron chi connectivity index (χ3n) is 2.96. The van der Waals surface area contributed by atoms with Gasteiger partial charge in [0.05, 0.1) is 12.4 Å². The molecule has 1 aromatic heterocycles. The van der Waals surface area contributed by atoms with Crippen LogP contribution in [0.15, 0.2) is 18.7 Å². The van der Waals surface area contributed by atoms with Crippen molar-refractivity contribution in [1.29, 1.82) is 0 Å². The summed E-state index contributed by atoms with van der Waals surface area (Å²) < 4.78 is 2.01. The second-order valence-corrected chi connectivity index (χ2v) is 4.43. The Morgan fingerprint density at radius 2 is 2.50 bits per heavy atom. The molecule has 2 atom stereocenters. The molecule has 0 spiro atoms. The van der Waals surface area contributed by atoms with Crippen LogP contribution in [0.1, 0.15) is 13.3 Å². The van der Waals surface area contributed by atoms with Gasteiger partial charge >= 0.3 is 0 Å². The molecule has 1 fully saturated rings. The number of rotatable bonds is 4. The topological polar surface area (TPSA) is 50.2 Å². The maximum Gasteiger partial charge on any atom is 0.239 e. The van der Waals surface area contributed by atoms with E-state index in [0.29, 0.717) is 0 Å². The average Bonchev–Trinajstić information content (AvgIpc) is 2.83. The summed E-state index contributed by atoms with van der Waals surface area (Å²) in [4.78, 5) is 17.5. The first-order valence-electron chi connectivity index (χ1n) is 5.63. The zero-order chi connectivity index (χ0) is 11.5. The van der Waals surface area contributed by atoms with Crippen molar-refractivity contribution >= 4 is 5.91 Å². The highest BCUT2D eigenvalue weighted by Crippen LogP contribution is 2.09. The fourth-order valence-electron chi connectivity index (χ4n) is 2.08. The molecule has 2 heterocycles. The lowest BCUT2D eigenvalue weighted by atomic mass is 10.2. The Kier molecular flexibility index (Phi) is 3.24. The van der Waals surface area contributed by atoms with Gasteiger partial charge in [-0.1, -0.05) is 0 Å². The Morgan fingerprint density at radius 1 is 1.69 bits per heavy atom. The molecule has 0 radical (unpaired) electrons. The standard InChI is InChI=1S/C11H18N4O/c1-9(7-15-6-4-12-8-15)13-10-3-5-14(2)11(10)16/h4,6,8-10,13H,3,5,7H2,1-2H3. The van der Waals surface area contributed by atoms with Gasteiger partial charge in [-0.2, -0.15) is 0 Å². The van der Waals surface area contributed by atoms with Gasteiger partial charge in [0, 0.05) is 38.6 Å². The lowest BCUT2D eigenvalue weighted by Gasteiger charge is -2.18. The van der Waals surface area contributed by atoms with Crippen molar-refractivity contribution in [1.82, 2.24) is 19.8 Å². The normalized spacial score (nSPS) is 22.8. The first-order valence-corrected chi connectivity index (χ1v) is 5.63. The number of hydrogen-bond donors (Lipinski definition) is 1. The zero-order valence-electron chi connectivity index (χ0n) is 9.76. The van der Waals surface area contributed by atoms with Gasteiger partial charge < -0.3 is 14.8 Å². The van der Waals surface area contributed by atoms with Crippen LogP contribution in [0.5, 0.6) is 0 Å². The van der Waals surface area contributed by atoms with E-state index in [9.17, 15) is 4.79 Å². The van der Waals surface area contributed by atoms with Gasteiger partial charge in [0.25, 0.3) is 0 Å².